The Morgan fingerprint density at radius 3 is 2.58 bits per heavy atom. The Morgan fingerprint density at radius 2 is 1.87 bits per heavy atom. The summed E-state index contributed by atoms with van der Waals surface area (Å²) in [5.74, 6) is 0.0266. The number of alkyl halides is 3. The van der Waals surface area contributed by atoms with Crippen LogP contribution in [0, 0.1) is 0 Å². The van der Waals surface area contributed by atoms with Gasteiger partial charge in [-0.3, -0.25) is 4.79 Å². The molecular formula is C20H21F3N6O2. The fourth-order valence-corrected chi connectivity index (χ4v) is 3.26. The van der Waals surface area contributed by atoms with Crippen LogP contribution in [-0.2, 0) is 4.74 Å². The Labute approximate surface area is 175 Å². The van der Waals surface area contributed by atoms with Crippen LogP contribution in [0.5, 0.6) is 0 Å². The molecule has 1 saturated heterocycles. The van der Waals surface area contributed by atoms with E-state index in [4.69, 9.17) is 4.74 Å². The standard InChI is InChI=1S/C20H21F3N6O2/c21-20(22,23)11-25-17-15-5-8-24-16(15)28-19(29-17)27-13-3-1-12(2-4-13)18(30)26-14-6-9-31-10-7-14/h1-5,8,14H,6-7,9-11H2,(H,26,30)(H3,24,25,27,28,29). The molecule has 4 rings (SSSR count). The fourth-order valence-electron chi connectivity index (χ4n) is 3.26. The highest BCUT2D eigenvalue weighted by molar-refractivity contribution is 5.94. The number of hydrogen-bond donors (Lipinski definition) is 4. The first-order chi connectivity index (χ1) is 14.9. The van der Waals surface area contributed by atoms with Gasteiger partial charge < -0.3 is 25.7 Å². The second kappa shape index (κ2) is 8.80. The van der Waals surface area contributed by atoms with E-state index in [0.717, 1.165) is 12.8 Å². The Hall–Kier alpha value is -3.34. The number of aromatic amines is 1. The van der Waals surface area contributed by atoms with Crippen LogP contribution in [0.4, 0.5) is 30.6 Å². The SMILES string of the molecule is O=C(NC1CCOCC1)c1ccc(Nc2nc(NCC(F)(F)F)c3cc[nH]c3n2)cc1. The van der Waals surface area contributed by atoms with Gasteiger partial charge >= 0.3 is 6.18 Å². The van der Waals surface area contributed by atoms with Crippen LogP contribution in [0.1, 0.15) is 23.2 Å². The van der Waals surface area contributed by atoms with E-state index in [1.54, 1.807) is 36.5 Å². The number of rotatable bonds is 6. The highest BCUT2D eigenvalue weighted by Crippen LogP contribution is 2.25. The van der Waals surface area contributed by atoms with E-state index in [9.17, 15) is 18.0 Å². The largest absolute Gasteiger partial charge is 0.405 e. The van der Waals surface area contributed by atoms with E-state index in [1.165, 1.54) is 0 Å². The maximum atomic E-state index is 12.6. The Morgan fingerprint density at radius 1 is 1.13 bits per heavy atom. The number of carbonyl (C=O) groups excluding carboxylic acids is 1. The van der Waals surface area contributed by atoms with Crippen molar-refractivity contribution >= 4 is 34.4 Å². The van der Waals surface area contributed by atoms with Crippen molar-refractivity contribution in [2.24, 2.45) is 0 Å². The number of amides is 1. The van der Waals surface area contributed by atoms with Gasteiger partial charge in [0.1, 0.15) is 18.0 Å². The van der Waals surface area contributed by atoms with Crippen LogP contribution in [0.2, 0.25) is 0 Å². The van der Waals surface area contributed by atoms with Crippen molar-refractivity contribution in [3.63, 3.8) is 0 Å². The predicted octanol–water partition coefficient (Wildman–Crippen LogP) is 3.58. The third-order valence-electron chi connectivity index (χ3n) is 4.83. The molecule has 1 aromatic carbocycles. The van der Waals surface area contributed by atoms with Crippen molar-refractivity contribution in [3.8, 4) is 0 Å². The Bertz CT molecular complexity index is 1050. The lowest BCUT2D eigenvalue weighted by Gasteiger charge is -2.23. The van der Waals surface area contributed by atoms with Crippen LogP contribution in [-0.4, -0.2) is 52.8 Å². The van der Waals surface area contributed by atoms with Gasteiger partial charge in [-0.15, -0.1) is 0 Å². The summed E-state index contributed by atoms with van der Waals surface area (Å²) in [4.78, 5) is 23.7. The average molecular weight is 434 g/mol. The molecule has 3 heterocycles. The minimum absolute atomic E-state index is 0.0681. The number of halogens is 3. The minimum atomic E-state index is -4.37. The summed E-state index contributed by atoms with van der Waals surface area (Å²) >= 11 is 0. The summed E-state index contributed by atoms with van der Waals surface area (Å²) in [6.07, 6.45) is -1.22. The molecule has 0 saturated carbocycles. The molecule has 1 fully saturated rings. The highest BCUT2D eigenvalue weighted by Gasteiger charge is 2.27. The lowest BCUT2D eigenvalue weighted by atomic mass is 10.1. The molecule has 4 N–H and O–H groups in total. The third kappa shape index (κ3) is 5.43. The maximum Gasteiger partial charge on any atom is 0.405 e. The molecule has 31 heavy (non-hydrogen) atoms. The molecule has 164 valence electrons. The summed E-state index contributed by atoms with van der Waals surface area (Å²) in [5, 5.41) is 8.70. The van der Waals surface area contributed by atoms with Crippen LogP contribution in [0.15, 0.2) is 36.5 Å². The van der Waals surface area contributed by atoms with Crippen LogP contribution in [0.3, 0.4) is 0 Å². The van der Waals surface area contributed by atoms with Crippen molar-refractivity contribution in [1.82, 2.24) is 20.3 Å². The number of anilines is 3. The Kier molecular flexibility index (Phi) is 5.94. The van der Waals surface area contributed by atoms with Gasteiger partial charge in [0, 0.05) is 36.7 Å². The molecule has 8 nitrogen and oxygen atoms in total. The lowest BCUT2D eigenvalue weighted by molar-refractivity contribution is -0.115. The molecule has 2 aromatic heterocycles. The molecule has 0 bridgehead atoms. The summed E-state index contributed by atoms with van der Waals surface area (Å²) in [5.41, 5.74) is 1.50. The predicted molar refractivity (Wildman–Crippen MR) is 109 cm³/mol. The summed E-state index contributed by atoms with van der Waals surface area (Å²) < 4.78 is 43.1. The van der Waals surface area contributed by atoms with Gasteiger partial charge in [-0.25, -0.2) is 0 Å². The molecule has 0 unspecified atom stereocenters. The summed E-state index contributed by atoms with van der Waals surface area (Å²) in [6, 6.07) is 8.39. The second-order valence-electron chi connectivity index (χ2n) is 7.17. The van der Waals surface area contributed by atoms with E-state index >= 15 is 0 Å². The van der Waals surface area contributed by atoms with Crippen molar-refractivity contribution < 1.29 is 22.7 Å². The molecule has 11 heteroatoms. The zero-order valence-electron chi connectivity index (χ0n) is 16.4. The van der Waals surface area contributed by atoms with Gasteiger partial charge in [-0.1, -0.05) is 0 Å². The van der Waals surface area contributed by atoms with Crippen molar-refractivity contribution in [2.45, 2.75) is 25.1 Å². The second-order valence-corrected chi connectivity index (χ2v) is 7.17. The number of carbonyl (C=O) groups is 1. The average Bonchev–Trinajstić information content (AvgIpc) is 3.21. The molecule has 3 aromatic rings. The number of aromatic nitrogens is 3. The number of H-pyrrole nitrogens is 1. The summed E-state index contributed by atoms with van der Waals surface area (Å²) in [6.45, 7) is 0.0677. The van der Waals surface area contributed by atoms with Gasteiger partial charge in [0.25, 0.3) is 5.91 Å². The zero-order chi connectivity index (χ0) is 21.8. The van der Waals surface area contributed by atoms with Gasteiger partial charge in [-0.05, 0) is 43.2 Å². The first-order valence-corrected chi connectivity index (χ1v) is 9.79. The highest BCUT2D eigenvalue weighted by atomic mass is 19.4. The van der Waals surface area contributed by atoms with Crippen LogP contribution >= 0.6 is 0 Å². The van der Waals surface area contributed by atoms with E-state index in [-0.39, 0.29) is 23.7 Å². The van der Waals surface area contributed by atoms with E-state index in [2.05, 4.69) is 30.9 Å². The minimum Gasteiger partial charge on any atom is -0.381 e. The molecule has 0 aliphatic carbocycles. The number of fused-ring (bicyclic) bond motifs is 1. The molecule has 0 atom stereocenters. The van der Waals surface area contributed by atoms with Crippen molar-refractivity contribution in [3.05, 3.63) is 42.1 Å². The molecular weight excluding hydrogens is 413 g/mol. The van der Waals surface area contributed by atoms with E-state index in [0.29, 0.717) is 35.5 Å². The molecule has 1 amide bonds. The smallest absolute Gasteiger partial charge is 0.381 e. The first kappa shape index (κ1) is 20.9. The quantitative estimate of drug-likeness (QED) is 0.473. The maximum absolute atomic E-state index is 12.6. The fraction of sp³-hybridized carbons (Fsp3) is 0.350. The number of hydrogen-bond acceptors (Lipinski definition) is 6. The normalized spacial score (nSPS) is 15.1. The van der Waals surface area contributed by atoms with Gasteiger partial charge in [0.2, 0.25) is 5.95 Å². The lowest BCUT2D eigenvalue weighted by Crippen LogP contribution is -2.38. The molecule has 0 radical (unpaired) electrons. The molecule has 1 aliphatic heterocycles. The zero-order valence-corrected chi connectivity index (χ0v) is 16.4. The van der Waals surface area contributed by atoms with Gasteiger partial charge in [0.05, 0.1) is 5.39 Å². The van der Waals surface area contributed by atoms with Crippen molar-refractivity contribution in [1.29, 1.82) is 0 Å². The number of nitrogens with zero attached hydrogens (tertiary/aromatic N) is 2. The van der Waals surface area contributed by atoms with Crippen LogP contribution in [0.25, 0.3) is 11.0 Å². The third-order valence-corrected chi connectivity index (χ3v) is 4.83. The topological polar surface area (TPSA) is 104 Å². The number of ether oxygens (including phenoxy) is 1. The van der Waals surface area contributed by atoms with Gasteiger partial charge in [-0.2, -0.15) is 23.1 Å². The first-order valence-electron chi connectivity index (χ1n) is 9.79. The van der Waals surface area contributed by atoms with E-state index < -0.39 is 12.7 Å². The van der Waals surface area contributed by atoms with Crippen molar-refractivity contribution in [2.75, 3.05) is 30.4 Å². The molecule has 0 spiro atoms. The van der Waals surface area contributed by atoms with E-state index in [1.807, 2.05) is 0 Å². The Balaban J connectivity index is 1.45. The van der Waals surface area contributed by atoms with Crippen LogP contribution < -0.4 is 16.0 Å². The van der Waals surface area contributed by atoms with Gasteiger partial charge in [0.15, 0.2) is 0 Å². The molecule has 1 aliphatic rings. The monoisotopic (exact) mass is 434 g/mol. The number of nitrogens with one attached hydrogen (secondary N) is 4. The summed E-state index contributed by atoms with van der Waals surface area (Å²) in [7, 11) is 0. The number of benzene rings is 1.